The number of likely N-dealkylation sites (tertiary alicyclic amines) is 1. The van der Waals surface area contributed by atoms with Crippen LogP contribution >= 0.6 is 0 Å². The predicted molar refractivity (Wildman–Crippen MR) is 99.0 cm³/mol. The van der Waals surface area contributed by atoms with Crippen LogP contribution in [0.15, 0.2) is 36.5 Å². The van der Waals surface area contributed by atoms with Crippen molar-refractivity contribution in [3.63, 3.8) is 0 Å². The highest BCUT2D eigenvalue weighted by Crippen LogP contribution is 2.34. The Balaban J connectivity index is 1.51. The summed E-state index contributed by atoms with van der Waals surface area (Å²) in [5.41, 5.74) is 1.89. The minimum atomic E-state index is 0.0508. The maximum Gasteiger partial charge on any atom is 0.254 e. The van der Waals surface area contributed by atoms with Gasteiger partial charge in [0.15, 0.2) is 11.5 Å². The van der Waals surface area contributed by atoms with Crippen LogP contribution in [0.4, 0.5) is 5.82 Å². The van der Waals surface area contributed by atoms with E-state index in [2.05, 4.69) is 17.1 Å². The van der Waals surface area contributed by atoms with Crippen LogP contribution in [0.5, 0.6) is 11.5 Å². The number of benzene rings is 1. The van der Waals surface area contributed by atoms with Crippen molar-refractivity contribution in [2.45, 2.75) is 18.8 Å². The molecule has 1 fully saturated rings. The highest BCUT2D eigenvalue weighted by atomic mass is 16.7. The molecule has 136 valence electrons. The highest BCUT2D eigenvalue weighted by Gasteiger charge is 2.27. The highest BCUT2D eigenvalue weighted by molar-refractivity contribution is 5.95. The fourth-order valence-electron chi connectivity index (χ4n) is 3.58. The van der Waals surface area contributed by atoms with E-state index < -0.39 is 0 Å². The van der Waals surface area contributed by atoms with Gasteiger partial charge in [-0.1, -0.05) is 0 Å². The van der Waals surface area contributed by atoms with Crippen LogP contribution in [0.2, 0.25) is 0 Å². The molecule has 1 saturated heterocycles. The van der Waals surface area contributed by atoms with E-state index in [0.29, 0.717) is 23.0 Å². The molecule has 0 unspecified atom stereocenters. The van der Waals surface area contributed by atoms with Gasteiger partial charge in [-0.05, 0) is 48.7 Å². The van der Waals surface area contributed by atoms with E-state index in [-0.39, 0.29) is 12.7 Å². The zero-order chi connectivity index (χ0) is 18.1. The first kappa shape index (κ1) is 16.7. The van der Waals surface area contributed by atoms with Gasteiger partial charge in [-0.2, -0.15) is 0 Å². The van der Waals surface area contributed by atoms with Crippen LogP contribution < -0.4 is 14.4 Å². The van der Waals surface area contributed by atoms with Crippen molar-refractivity contribution in [1.29, 1.82) is 0 Å². The molecule has 0 radical (unpaired) electrons. The number of fused-ring (bicyclic) bond motifs is 1. The van der Waals surface area contributed by atoms with Crippen LogP contribution in [0.1, 0.15) is 34.7 Å². The lowest BCUT2D eigenvalue weighted by Gasteiger charge is -2.33. The Labute approximate surface area is 153 Å². The quantitative estimate of drug-likeness (QED) is 0.849. The molecule has 0 spiro atoms. The molecule has 1 atom stereocenters. The second-order valence-corrected chi connectivity index (χ2v) is 7.00. The van der Waals surface area contributed by atoms with Gasteiger partial charge in [-0.15, -0.1) is 0 Å². The normalized spacial score (nSPS) is 18.7. The summed E-state index contributed by atoms with van der Waals surface area (Å²) in [6, 6.07) is 9.59. The molecule has 1 aromatic heterocycles. The van der Waals surface area contributed by atoms with Crippen LogP contribution in [0, 0.1) is 0 Å². The van der Waals surface area contributed by atoms with E-state index in [4.69, 9.17) is 9.47 Å². The number of hydrogen-bond donors (Lipinski definition) is 0. The Kier molecular flexibility index (Phi) is 4.41. The summed E-state index contributed by atoms with van der Waals surface area (Å²) in [7, 11) is 3.98. The van der Waals surface area contributed by atoms with Crippen molar-refractivity contribution in [2.24, 2.45) is 0 Å². The van der Waals surface area contributed by atoms with Gasteiger partial charge >= 0.3 is 0 Å². The number of ether oxygens (including phenoxy) is 2. The van der Waals surface area contributed by atoms with Crippen LogP contribution in [-0.4, -0.2) is 49.8 Å². The van der Waals surface area contributed by atoms with Gasteiger partial charge in [0, 0.05) is 44.9 Å². The molecule has 3 heterocycles. The topological polar surface area (TPSA) is 54.9 Å². The fourth-order valence-corrected chi connectivity index (χ4v) is 3.58. The van der Waals surface area contributed by atoms with Gasteiger partial charge < -0.3 is 19.3 Å². The summed E-state index contributed by atoms with van der Waals surface area (Å²) in [5, 5.41) is 0. The summed E-state index contributed by atoms with van der Waals surface area (Å²) in [4.78, 5) is 21.3. The van der Waals surface area contributed by atoms with E-state index in [1.807, 2.05) is 42.2 Å². The van der Waals surface area contributed by atoms with Gasteiger partial charge in [0.05, 0.1) is 0 Å². The van der Waals surface area contributed by atoms with E-state index in [1.54, 1.807) is 6.07 Å². The summed E-state index contributed by atoms with van der Waals surface area (Å²) >= 11 is 0. The molecule has 0 bridgehead atoms. The number of piperidine rings is 1. The maximum atomic E-state index is 13.0. The number of carbonyl (C=O) groups excluding carboxylic acids is 1. The lowest BCUT2D eigenvalue weighted by molar-refractivity contribution is 0.0706. The van der Waals surface area contributed by atoms with Crippen molar-refractivity contribution in [1.82, 2.24) is 9.88 Å². The molecule has 4 rings (SSSR count). The van der Waals surface area contributed by atoms with Crippen LogP contribution in [-0.2, 0) is 0 Å². The number of nitrogens with zero attached hydrogens (tertiary/aromatic N) is 3. The fraction of sp³-hybridized carbons (Fsp3) is 0.400. The van der Waals surface area contributed by atoms with Gasteiger partial charge in [0.2, 0.25) is 6.79 Å². The molecular formula is C20H23N3O3. The second-order valence-electron chi connectivity index (χ2n) is 7.00. The van der Waals surface area contributed by atoms with Gasteiger partial charge in [-0.25, -0.2) is 4.98 Å². The third kappa shape index (κ3) is 3.19. The average molecular weight is 353 g/mol. The van der Waals surface area contributed by atoms with E-state index in [9.17, 15) is 4.79 Å². The monoisotopic (exact) mass is 353 g/mol. The number of pyridine rings is 1. The zero-order valence-electron chi connectivity index (χ0n) is 15.1. The molecule has 1 aromatic carbocycles. The van der Waals surface area contributed by atoms with Crippen molar-refractivity contribution in [3.05, 3.63) is 47.7 Å². The van der Waals surface area contributed by atoms with Crippen molar-refractivity contribution >= 4 is 11.7 Å². The molecule has 2 aliphatic rings. The number of anilines is 1. The summed E-state index contributed by atoms with van der Waals surface area (Å²) in [5.74, 6) is 2.68. The minimum absolute atomic E-state index is 0.0508. The smallest absolute Gasteiger partial charge is 0.254 e. The molecule has 6 nitrogen and oxygen atoms in total. The van der Waals surface area contributed by atoms with Gasteiger partial charge in [-0.3, -0.25) is 4.79 Å². The largest absolute Gasteiger partial charge is 0.454 e. The molecule has 0 saturated carbocycles. The maximum absolute atomic E-state index is 13.0. The molecule has 2 aliphatic heterocycles. The first-order valence-corrected chi connectivity index (χ1v) is 8.94. The van der Waals surface area contributed by atoms with Crippen molar-refractivity contribution in [2.75, 3.05) is 38.9 Å². The molecule has 0 aliphatic carbocycles. The lowest BCUT2D eigenvalue weighted by atomic mass is 9.90. The SMILES string of the molecule is CN(C)c1cc([C@@H]2CCCN(C(=O)c3ccc4c(c3)OCO4)C2)ccn1. The van der Waals surface area contributed by atoms with Gasteiger partial charge in [0.25, 0.3) is 5.91 Å². The molecular weight excluding hydrogens is 330 g/mol. The first-order valence-electron chi connectivity index (χ1n) is 8.94. The van der Waals surface area contributed by atoms with Crippen LogP contribution in [0.3, 0.4) is 0 Å². The first-order chi connectivity index (χ1) is 12.6. The molecule has 0 N–H and O–H groups in total. The van der Waals surface area contributed by atoms with Gasteiger partial charge in [0.1, 0.15) is 5.82 Å². The van der Waals surface area contributed by atoms with E-state index in [1.165, 1.54) is 5.56 Å². The Hall–Kier alpha value is -2.76. The number of hydrogen-bond acceptors (Lipinski definition) is 5. The Morgan fingerprint density at radius 2 is 2.04 bits per heavy atom. The third-order valence-electron chi connectivity index (χ3n) is 5.03. The standard InChI is InChI=1S/C20H23N3O3/c1-22(2)19-11-14(7-8-21-19)16-4-3-9-23(12-16)20(24)15-5-6-17-18(10-15)26-13-25-17/h5-8,10-11,16H,3-4,9,12-13H2,1-2H3/t16-/m1/s1. The molecule has 6 heteroatoms. The van der Waals surface area contributed by atoms with Crippen molar-refractivity contribution in [3.8, 4) is 11.5 Å². The summed E-state index contributed by atoms with van der Waals surface area (Å²) in [6.45, 7) is 1.73. The Morgan fingerprint density at radius 1 is 1.19 bits per heavy atom. The Morgan fingerprint density at radius 3 is 2.88 bits per heavy atom. The second kappa shape index (κ2) is 6.86. The Bertz CT molecular complexity index is 822. The van der Waals surface area contributed by atoms with E-state index >= 15 is 0 Å². The number of rotatable bonds is 3. The summed E-state index contributed by atoms with van der Waals surface area (Å²) in [6.07, 6.45) is 3.94. The zero-order valence-corrected chi connectivity index (χ0v) is 15.1. The lowest BCUT2D eigenvalue weighted by Crippen LogP contribution is -2.39. The minimum Gasteiger partial charge on any atom is -0.454 e. The molecule has 1 amide bonds. The average Bonchev–Trinajstić information content (AvgIpc) is 3.15. The molecule has 26 heavy (non-hydrogen) atoms. The van der Waals surface area contributed by atoms with E-state index in [0.717, 1.165) is 31.7 Å². The third-order valence-corrected chi connectivity index (χ3v) is 5.03. The molecule has 2 aromatic rings. The van der Waals surface area contributed by atoms with Crippen molar-refractivity contribution < 1.29 is 14.3 Å². The number of aromatic nitrogens is 1. The summed E-state index contributed by atoms with van der Waals surface area (Å²) < 4.78 is 10.7. The number of carbonyl (C=O) groups is 1. The van der Waals surface area contributed by atoms with Crippen LogP contribution in [0.25, 0.3) is 0 Å². The predicted octanol–water partition coefficient (Wildman–Crippen LogP) is 2.90. The number of amides is 1.